The summed E-state index contributed by atoms with van der Waals surface area (Å²) in [5, 5.41) is 20.5. The molecule has 6 N–H and O–H groups in total. The van der Waals surface area contributed by atoms with Crippen LogP contribution in [0.15, 0.2) is 41.9 Å². The highest BCUT2D eigenvalue weighted by atomic mass is 16.2. The Labute approximate surface area is 218 Å². The maximum Gasteiger partial charge on any atom is 0.295 e. The minimum atomic E-state index is -0.489. The second-order valence-corrected chi connectivity index (χ2v) is 8.38. The first-order valence-corrected chi connectivity index (χ1v) is 11.5. The third-order valence-electron chi connectivity index (χ3n) is 5.52. The monoisotopic (exact) mass is 522 g/mol. The lowest BCUT2D eigenvalue weighted by molar-refractivity contribution is -0.105. The Bertz CT molecular complexity index is 1410. The smallest absolute Gasteiger partial charge is 0.295 e. The van der Waals surface area contributed by atoms with Crippen molar-refractivity contribution in [3.05, 3.63) is 53.9 Å². The lowest BCUT2D eigenvalue weighted by Crippen LogP contribution is -2.29. The van der Waals surface area contributed by atoms with Gasteiger partial charge >= 0.3 is 0 Å². The van der Waals surface area contributed by atoms with E-state index in [1.54, 1.807) is 60.4 Å². The van der Waals surface area contributed by atoms with Gasteiger partial charge in [0.15, 0.2) is 0 Å². The Morgan fingerprint density at radius 2 is 1.58 bits per heavy atom. The summed E-state index contributed by atoms with van der Waals surface area (Å²) in [6.45, 7) is 1.86. The summed E-state index contributed by atoms with van der Waals surface area (Å²) in [6, 6.07) is 4.57. The number of carbonyl (C=O) groups excluding carboxylic acids is 4. The Balaban J connectivity index is 1.81. The van der Waals surface area contributed by atoms with Gasteiger partial charge in [0, 0.05) is 58.9 Å². The minimum Gasteiger partial charge on any atom is -0.388 e. The summed E-state index contributed by atoms with van der Waals surface area (Å²) in [7, 11) is 4.99. The van der Waals surface area contributed by atoms with Gasteiger partial charge in [-0.05, 0) is 25.1 Å². The molecule has 3 heterocycles. The van der Waals surface area contributed by atoms with Crippen LogP contribution >= 0.6 is 0 Å². The van der Waals surface area contributed by atoms with Crippen LogP contribution < -0.4 is 26.7 Å². The van der Waals surface area contributed by atoms with Gasteiger partial charge in [0.25, 0.3) is 17.7 Å². The highest BCUT2D eigenvalue weighted by molar-refractivity contribution is 6.08. The molecule has 0 saturated carbocycles. The Hall–Kier alpha value is -5.14. The second kappa shape index (κ2) is 11.7. The molecule has 0 bridgehead atoms. The average Bonchev–Trinajstić information content (AvgIpc) is 3.53. The lowest BCUT2D eigenvalue weighted by Gasteiger charge is -2.15. The summed E-state index contributed by atoms with van der Waals surface area (Å²) in [4.78, 5) is 49.5. The molecule has 0 unspecified atom stereocenters. The van der Waals surface area contributed by atoms with Gasteiger partial charge in [-0.15, -0.1) is 0 Å². The third kappa shape index (κ3) is 6.16. The number of hydrogen-bond donors (Lipinski definition) is 5. The zero-order chi connectivity index (χ0) is 28.0. The van der Waals surface area contributed by atoms with Gasteiger partial charge in [-0.25, -0.2) is 0 Å². The molecule has 0 aliphatic rings. The number of hydrogen-bond acceptors (Lipinski definition) is 6. The van der Waals surface area contributed by atoms with Crippen LogP contribution in [-0.2, 0) is 25.9 Å². The Morgan fingerprint density at radius 1 is 0.974 bits per heavy atom. The standard InChI is InChI=1S/C24H30N10O4/c1-5-29-34(17-10-19(33(4)13-17)22(36)27-7-6-21(25)26)24(38)20-9-16(12-32(20)3)30-23(37)18-8-15(28-14-35)11-31(18)2/h5,8-14H,6-7H2,1-4H3,(H3,25,26)(H,27,36)(H,28,35)(H,30,37)/b29-5+. The molecule has 3 rings (SSSR count). The fraction of sp³-hybridized carbons (Fsp3) is 0.250. The van der Waals surface area contributed by atoms with E-state index in [-0.39, 0.29) is 30.4 Å². The van der Waals surface area contributed by atoms with E-state index in [1.165, 1.54) is 24.4 Å². The largest absolute Gasteiger partial charge is 0.388 e. The van der Waals surface area contributed by atoms with E-state index >= 15 is 0 Å². The summed E-state index contributed by atoms with van der Waals surface area (Å²) in [5.74, 6) is -1.34. The van der Waals surface area contributed by atoms with E-state index in [0.717, 1.165) is 5.01 Å². The van der Waals surface area contributed by atoms with Crippen LogP contribution in [0.5, 0.6) is 0 Å². The van der Waals surface area contributed by atoms with Crippen LogP contribution in [0.3, 0.4) is 0 Å². The summed E-state index contributed by atoms with van der Waals surface area (Å²) >= 11 is 0. The summed E-state index contributed by atoms with van der Waals surface area (Å²) < 4.78 is 4.68. The molecule has 14 nitrogen and oxygen atoms in total. The highest BCUT2D eigenvalue weighted by Crippen LogP contribution is 2.23. The summed E-state index contributed by atoms with van der Waals surface area (Å²) in [6.07, 6.45) is 6.97. The number of amidine groups is 1. The molecule has 38 heavy (non-hydrogen) atoms. The normalized spacial score (nSPS) is 10.8. The number of amides is 4. The van der Waals surface area contributed by atoms with Gasteiger partial charge in [0.05, 0.1) is 22.9 Å². The first-order valence-electron chi connectivity index (χ1n) is 11.5. The predicted molar refractivity (Wildman–Crippen MR) is 144 cm³/mol. The number of carbonyl (C=O) groups is 4. The maximum atomic E-state index is 13.5. The molecule has 0 saturated heterocycles. The van der Waals surface area contributed by atoms with Crippen LogP contribution in [0.25, 0.3) is 0 Å². The molecule has 3 aromatic rings. The van der Waals surface area contributed by atoms with Crippen molar-refractivity contribution in [1.82, 2.24) is 19.0 Å². The number of nitrogens with zero attached hydrogens (tertiary/aromatic N) is 5. The third-order valence-corrected chi connectivity index (χ3v) is 5.52. The van der Waals surface area contributed by atoms with E-state index in [0.29, 0.717) is 34.9 Å². The zero-order valence-electron chi connectivity index (χ0n) is 21.5. The molecule has 0 aliphatic carbocycles. The minimum absolute atomic E-state index is 0.0339. The Morgan fingerprint density at radius 3 is 2.24 bits per heavy atom. The van der Waals surface area contributed by atoms with Gasteiger partial charge < -0.3 is 35.4 Å². The van der Waals surface area contributed by atoms with Gasteiger partial charge in [0.1, 0.15) is 17.1 Å². The van der Waals surface area contributed by atoms with Crippen molar-refractivity contribution in [2.24, 2.45) is 32.0 Å². The number of rotatable bonds is 11. The topological polar surface area (TPSA) is 185 Å². The van der Waals surface area contributed by atoms with Crippen molar-refractivity contribution in [1.29, 1.82) is 5.41 Å². The first-order chi connectivity index (χ1) is 18.0. The molecular weight excluding hydrogens is 492 g/mol. The quantitative estimate of drug-likeness (QED) is 0.110. The molecule has 0 atom stereocenters. The fourth-order valence-electron chi connectivity index (χ4n) is 3.73. The van der Waals surface area contributed by atoms with E-state index in [2.05, 4.69) is 21.1 Å². The van der Waals surface area contributed by atoms with Crippen molar-refractivity contribution >= 4 is 53.2 Å². The van der Waals surface area contributed by atoms with E-state index < -0.39 is 11.8 Å². The van der Waals surface area contributed by atoms with Crippen LogP contribution in [0.4, 0.5) is 17.1 Å². The van der Waals surface area contributed by atoms with Crippen molar-refractivity contribution < 1.29 is 19.2 Å². The van der Waals surface area contributed by atoms with E-state index in [1.807, 2.05) is 0 Å². The number of nitrogens with one attached hydrogen (secondary N) is 4. The fourth-order valence-corrected chi connectivity index (χ4v) is 3.73. The SMILES string of the molecule is C/C=N/N(C(=O)c1cc(NC(=O)c2cc(NC=O)cn2C)cn1C)c1cc(C(=O)NCCC(=N)N)n(C)c1. The van der Waals surface area contributed by atoms with Gasteiger partial charge in [-0.1, -0.05) is 0 Å². The van der Waals surface area contributed by atoms with Crippen LogP contribution in [0.1, 0.15) is 44.8 Å². The molecular formula is C24H30N10O4. The number of aryl methyl sites for hydroxylation is 3. The first kappa shape index (κ1) is 27.4. The van der Waals surface area contributed by atoms with Crippen LogP contribution in [0, 0.1) is 5.41 Å². The average molecular weight is 523 g/mol. The van der Waals surface area contributed by atoms with Crippen molar-refractivity contribution in [2.45, 2.75) is 13.3 Å². The molecule has 0 radical (unpaired) electrons. The molecule has 0 fully saturated rings. The van der Waals surface area contributed by atoms with Crippen LogP contribution in [0.2, 0.25) is 0 Å². The number of aromatic nitrogens is 3. The highest BCUT2D eigenvalue weighted by Gasteiger charge is 2.24. The number of hydrazone groups is 1. The molecule has 4 amide bonds. The molecule has 14 heteroatoms. The van der Waals surface area contributed by atoms with Crippen molar-refractivity contribution in [3.8, 4) is 0 Å². The molecule has 0 spiro atoms. The van der Waals surface area contributed by atoms with Crippen molar-refractivity contribution in [2.75, 3.05) is 22.2 Å². The maximum absolute atomic E-state index is 13.5. The molecule has 200 valence electrons. The van der Waals surface area contributed by atoms with E-state index in [4.69, 9.17) is 11.1 Å². The summed E-state index contributed by atoms with van der Waals surface area (Å²) in [5.41, 5.74) is 7.37. The Kier molecular flexibility index (Phi) is 8.47. The lowest BCUT2D eigenvalue weighted by atomic mass is 10.3. The number of anilines is 3. The molecule has 0 aromatic carbocycles. The van der Waals surface area contributed by atoms with E-state index in [9.17, 15) is 19.2 Å². The molecule has 0 aliphatic heterocycles. The number of nitrogens with two attached hydrogens (primary N) is 1. The molecule has 3 aromatic heterocycles. The van der Waals surface area contributed by atoms with Gasteiger partial charge in [-0.2, -0.15) is 10.1 Å². The predicted octanol–water partition coefficient (Wildman–Crippen LogP) is 1.23. The van der Waals surface area contributed by atoms with Gasteiger partial charge in [-0.3, -0.25) is 24.6 Å². The van der Waals surface area contributed by atoms with Crippen molar-refractivity contribution in [3.63, 3.8) is 0 Å². The van der Waals surface area contributed by atoms with Gasteiger partial charge in [0.2, 0.25) is 6.41 Å². The second-order valence-electron chi connectivity index (χ2n) is 8.38. The zero-order valence-corrected chi connectivity index (χ0v) is 21.5. The van der Waals surface area contributed by atoms with Crippen LogP contribution in [-0.4, -0.2) is 56.4 Å².